The summed E-state index contributed by atoms with van der Waals surface area (Å²) in [7, 11) is 2.68. The highest BCUT2D eigenvalue weighted by Crippen LogP contribution is 2.36. The molecule has 5 heterocycles. The molecular weight excluding hydrogens is 769 g/mol. The van der Waals surface area contributed by atoms with E-state index in [2.05, 4.69) is 74.1 Å². The van der Waals surface area contributed by atoms with Gasteiger partial charge in [-0.25, -0.2) is 14.8 Å². The number of aliphatic hydroxyl groups is 1. The Balaban J connectivity index is 0.983. The maximum atomic E-state index is 14.1. The number of nitrogens with one attached hydrogen (secondary N) is 4. The van der Waals surface area contributed by atoms with Crippen LogP contribution in [0.4, 0.5) is 4.79 Å². The van der Waals surface area contributed by atoms with Crippen molar-refractivity contribution in [2.24, 2.45) is 11.8 Å². The maximum absolute atomic E-state index is 14.1. The van der Waals surface area contributed by atoms with Crippen LogP contribution in [-0.4, -0.2) is 125 Å². The fourth-order valence-electron chi connectivity index (χ4n) is 8.76. The largest absolute Gasteiger partial charge is 0.453 e. The molecule has 318 valence electrons. The third-order valence-corrected chi connectivity index (χ3v) is 12.1. The average molecular weight is 823 g/mol. The topological polar surface area (TPSA) is 196 Å². The number of hydrogen-bond donors (Lipinski definition) is 5. The lowest BCUT2D eigenvalue weighted by Crippen LogP contribution is -2.54. The Morgan fingerprint density at radius 3 is 2.30 bits per heavy atom. The van der Waals surface area contributed by atoms with Gasteiger partial charge in [-0.15, -0.1) is 0 Å². The lowest BCUT2D eigenvalue weighted by atomic mass is 9.90. The predicted molar refractivity (Wildman–Crippen MR) is 223 cm³/mol. The van der Waals surface area contributed by atoms with Crippen LogP contribution in [0.1, 0.15) is 63.3 Å². The van der Waals surface area contributed by atoms with Crippen molar-refractivity contribution in [1.82, 2.24) is 40.4 Å². The lowest BCUT2D eigenvalue weighted by Gasteiger charge is -2.37. The van der Waals surface area contributed by atoms with Gasteiger partial charge in [0.2, 0.25) is 18.2 Å². The van der Waals surface area contributed by atoms with Crippen molar-refractivity contribution in [2.45, 2.75) is 70.1 Å². The molecule has 5 N–H and O–H groups in total. The highest BCUT2D eigenvalue weighted by molar-refractivity contribution is 5.92. The van der Waals surface area contributed by atoms with Crippen LogP contribution in [0, 0.1) is 11.8 Å². The number of aliphatic hydroxyl groups excluding tert-OH is 1. The third kappa shape index (κ3) is 8.61. The number of H-pyrrole nitrogens is 2. The Morgan fingerprint density at radius 2 is 1.55 bits per heavy atom. The molecule has 8 rings (SSSR count). The minimum Gasteiger partial charge on any atom is -0.453 e. The van der Waals surface area contributed by atoms with Gasteiger partial charge in [0, 0.05) is 39.0 Å². The highest BCUT2D eigenvalue weighted by Gasteiger charge is 2.40. The standard InChI is InChI=1S/C44H54N8O8/c1-25(2)37(49-43(55)57-3)41(53)52-16-19-60-24-36(52)39-45-23-34(48-39)31-10-9-27-20-28(7-8-29(27)21-31)30-11-12-32-33(22-30)47-40(46-32)35-6-5-15-51(35)42(54)38(50-44(56)58-4)26-13-17-59-18-14-26/h7-12,20-23,25-26,35-38,44,50,56H,5-6,13-19,24H2,1-4H3,(H,45,48)(H,46,47)(H,49,55). The molecule has 3 aliphatic rings. The van der Waals surface area contributed by atoms with Gasteiger partial charge in [0.1, 0.15) is 23.7 Å². The van der Waals surface area contributed by atoms with Crippen LogP contribution in [0.3, 0.4) is 0 Å². The zero-order valence-electron chi connectivity index (χ0n) is 34.5. The number of morpholine rings is 1. The Kier molecular flexibility index (Phi) is 12.5. The molecule has 5 unspecified atom stereocenters. The molecule has 0 bridgehead atoms. The zero-order chi connectivity index (χ0) is 41.9. The van der Waals surface area contributed by atoms with Crippen molar-refractivity contribution in [1.29, 1.82) is 0 Å². The minimum atomic E-state index is -1.24. The number of amides is 3. The van der Waals surface area contributed by atoms with E-state index in [9.17, 15) is 19.5 Å². The van der Waals surface area contributed by atoms with E-state index in [-0.39, 0.29) is 36.3 Å². The molecule has 0 saturated carbocycles. The molecule has 0 radical (unpaired) electrons. The highest BCUT2D eigenvalue weighted by atomic mass is 16.6. The second-order valence-corrected chi connectivity index (χ2v) is 16.2. The van der Waals surface area contributed by atoms with Crippen LogP contribution in [0.25, 0.3) is 44.2 Å². The number of fused-ring (bicyclic) bond motifs is 2. The molecule has 0 aliphatic carbocycles. The second kappa shape index (κ2) is 18.1. The number of likely N-dealkylation sites (tertiary alicyclic amines) is 1. The number of benzene rings is 3. The summed E-state index contributed by atoms with van der Waals surface area (Å²) in [6.45, 7) is 6.59. The van der Waals surface area contributed by atoms with Gasteiger partial charge in [-0.05, 0) is 83.7 Å². The van der Waals surface area contributed by atoms with Crippen molar-refractivity contribution < 1.29 is 38.4 Å². The molecule has 3 fully saturated rings. The molecule has 5 aromatic rings. The summed E-state index contributed by atoms with van der Waals surface area (Å²) in [4.78, 5) is 60.1. The fraction of sp³-hybridized carbons (Fsp3) is 0.477. The van der Waals surface area contributed by atoms with Crippen LogP contribution < -0.4 is 10.6 Å². The number of methoxy groups -OCH3 is 2. The number of carbonyl (C=O) groups excluding carboxylic acids is 3. The van der Waals surface area contributed by atoms with Gasteiger partial charge in [0.15, 0.2) is 0 Å². The molecule has 3 aromatic carbocycles. The smallest absolute Gasteiger partial charge is 0.407 e. The van der Waals surface area contributed by atoms with Crippen LogP contribution >= 0.6 is 0 Å². The molecule has 2 aromatic heterocycles. The summed E-state index contributed by atoms with van der Waals surface area (Å²) in [5, 5.41) is 18.1. The van der Waals surface area contributed by atoms with Crippen LogP contribution in [0.15, 0.2) is 60.8 Å². The second-order valence-electron chi connectivity index (χ2n) is 16.2. The normalized spacial score (nSPS) is 20.4. The van der Waals surface area contributed by atoms with E-state index in [4.69, 9.17) is 23.9 Å². The van der Waals surface area contributed by atoms with Gasteiger partial charge in [-0.3, -0.25) is 14.9 Å². The molecule has 3 saturated heterocycles. The molecule has 60 heavy (non-hydrogen) atoms. The molecule has 5 atom stereocenters. The van der Waals surface area contributed by atoms with Crippen LogP contribution in [0.5, 0.6) is 0 Å². The summed E-state index contributed by atoms with van der Waals surface area (Å²) in [6.07, 6.45) is 2.99. The number of carbonyl (C=O) groups is 3. The lowest BCUT2D eigenvalue weighted by molar-refractivity contribution is -0.147. The summed E-state index contributed by atoms with van der Waals surface area (Å²) in [6, 6.07) is 16.8. The van der Waals surface area contributed by atoms with E-state index < -0.39 is 30.6 Å². The summed E-state index contributed by atoms with van der Waals surface area (Å²) in [5.41, 5.74) is 5.58. The van der Waals surface area contributed by atoms with Crippen LogP contribution in [0.2, 0.25) is 0 Å². The number of aromatic amines is 2. The van der Waals surface area contributed by atoms with Crippen molar-refractivity contribution in [3.63, 3.8) is 0 Å². The van der Waals surface area contributed by atoms with Gasteiger partial charge in [-0.2, -0.15) is 0 Å². The zero-order valence-corrected chi connectivity index (χ0v) is 34.5. The Morgan fingerprint density at radius 1 is 0.833 bits per heavy atom. The number of alkyl carbamates (subject to hydrolysis) is 1. The molecular formula is C44H54N8O8. The van der Waals surface area contributed by atoms with E-state index >= 15 is 0 Å². The summed E-state index contributed by atoms with van der Waals surface area (Å²) in [5.74, 6) is 0.966. The molecule has 16 nitrogen and oxygen atoms in total. The van der Waals surface area contributed by atoms with Gasteiger partial charge < -0.3 is 49.1 Å². The Bertz CT molecular complexity index is 2320. The predicted octanol–water partition coefficient (Wildman–Crippen LogP) is 5.02. The first-order chi connectivity index (χ1) is 29.1. The number of nitrogens with zero attached hydrogens (tertiary/aromatic N) is 4. The fourth-order valence-corrected chi connectivity index (χ4v) is 8.76. The first-order valence-corrected chi connectivity index (χ1v) is 20.8. The summed E-state index contributed by atoms with van der Waals surface area (Å²) < 4.78 is 21.2. The molecule has 16 heteroatoms. The third-order valence-electron chi connectivity index (χ3n) is 12.1. The quantitative estimate of drug-likeness (QED) is 0.106. The Hall–Kier alpha value is -5.39. The van der Waals surface area contributed by atoms with E-state index in [1.54, 1.807) is 11.1 Å². The average Bonchev–Trinajstić information content (AvgIpc) is 4.07. The number of rotatable bonds is 12. The van der Waals surface area contributed by atoms with Gasteiger partial charge >= 0.3 is 6.09 Å². The van der Waals surface area contributed by atoms with Crippen molar-refractivity contribution in [3.05, 3.63) is 72.4 Å². The van der Waals surface area contributed by atoms with Crippen molar-refractivity contribution in [3.8, 4) is 22.4 Å². The van der Waals surface area contributed by atoms with Crippen molar-refractivity contribution in [2.75, 3.05) is 53.7 Å². The van der Waals surface area contributed by atoms with Crippen LogP contribution in [-0.2, 0) is 28.5 Å². The number of imidazole rings is 2. The first kappa shape index (κ1) is 41.3. The number of ether oxygens (including phenoxy) is 4. The number of aromatic nitrogens is 4. The van der Waals surface area contributed by atoms with E-state index in [0.29, 0.717) is 38.7 Å². The van der Waals surface area contributed by atoms with Gasteiger partial charge in [0.25, 0.3) is 0 Å². The first-order valence-electron chi connectivity index (χ1n) is 20.8. The maximum Gasteiger partial charge on any atom is 0.407 e. The van der Waals surface area contributed by atoms with Gasteiger partial charge in [-0.1, -0.05) is 44.2 Å². The van der Waals surface area contributed by atoms with Gasteiger partial charge in [0.05, 0.1) is 55.3 Å². The van der Waals surface area contributed by atoms with E-state index in [0.717, 1.165) is 75.7 Å². The molecule has 3 aliphatic heterocycles. The Labute approximate surface area is 348 Å². The summed E-state index contributed by atoms with van der Waals surface area (Å²) >= 11 is 0. The monoisotopic (exact) mass is 822 g/mol. The van der Waals surface area contributed by atoms with E-state index in [1.807, 2.05) is 24.8 Å². The number of hydrogen-bond acceptors (Lipinski definition) is 11. The van der Waals surface area contributed by atoms with E-state index in [1.165, 1.54) is 14.2 Å². The minimum absolute atomic E-state index is 0.0251. The molecule has 0 spiro atoms. The molecule has 3 amide bonds. The SMILES string of the molecule is COC(=O)NC(C(=O)N1CCOCC1c1ncc(-c2ccc3cc(-c4ccc5nc(C6CCCN6C(=O)C(NC(O)OC)C6CCOCC6)[nH]c5c4)ccc3c2)[nH]1)C(C)C. The van der Waals surface area contributed by atoms with Crippen molar-refractivity contribution >= 4 is 39.7 Å².